The molecule has 2 heterocycles. The van der Waals surface area contributed by atoms with Crippen LogP contribution >= 0.6 is 0 Å². The third-order valence-corrected chi connectivity index (χ3v) is 5.94. The molecule has 0 unspecified atom stereocenters. The third kappa shape index (κ3) is 2.74. The Balaban J connectivity index is 1.49. The lowest BCUT2D eigenvalue weighted by molar-refractivity contribution is 0.0759. The second-order valence-electron chi connectivity index (χ2n) is 5.76. The van der Waals surface area contributed by atoms with Crippen molar-refractivity contribution < 1.29 is 13.2 Å². The van der Waals surface area contributed by atoms with Crippen LogP contribution in [0.25, 0.3) is 10.8 Å². The Morgan fingerprint density at radius 1 is 1.00 bits per heavy atom. The third-order valence-electron chi connectivity index (χ3n) is 4.11. The van der Waals surface area contributed by atoms with Gasteiger partial charge >= 0.3 is 0 Å². The molecule has 4 rings (SSSR count). The largest absolute Gasteiger partial charge is 0.486 e. The van der Waals surface area contributed by atoms with Gasteiger partial charge in [0, 0.05) is 6.20 Å². The van der Waals surface area contributed by atoms with Crippen molar-refractivity contribution in [1.82, 2.24) is 9.29 Å². The zero-order valence-corrected chi connectivity index (χ0v) is 13.7. The molecule has 0 amide bonds. The average Bonchev–Trinajstić information content (AvgIpc) is 2.58. The number of rotatable bonds is 4. The van der Waals surface area contributed by atoms with Crippen LogP contribution in [-0.2, 0) is 10.0 Å². The smallest absolute Gasteiger partial charge is 0.243 e. The van der Waals surface area contributed by atoms with Gasteiger partial charge in [0.25, 0.3) is 0 Å². The standard InChI is InChI=1S/C18H16N2O3S/c21-24(22,18-8-7-14-4-1-2-5-15(14)10-18)20-12-17(13-20)23-16-6-3-9-19-11-16/h1-11,17H,12-13H2. The molecule has 0 aliphatic carbocycles. The first-order valence-corrected chi connectivity index (χ1v) is 9.12. The molecular formula is C18H16N2O3S. The van der Waals surface area contributed by atoms with E-state index in [-0.39, 0.29) is 6.10 Å². The predicted octanol–water partition coefficient (Wildman–Crippen LogP) is 2.69. The van der Waals surface area contributed by atoms with Gasteiger partial charge in [0.05, 0.1) is 24.2 Å². The lowest BCUT2D eigenvalue weighted by atomic mass is 10.1. The summed E-state index contributed by atoms with van der Waals surface area (Å²) in [6.45, 7) is 0.702. The van der Waals surface area contributed by atoms with Gasteiger partial charge in [0.1, 0.15) is 11.9 Å². The van der Waals surface area contributed by atoms with E-state index in [2.05, 4.69) is 4.98 Å². The number of hydrogen-bond acceptors (Lipinski definition) is 4. The number of ether oxygens (including phenoxy) is 1. The minimum absolute atomic E-state index is 0.135. The van der Waals surface area contributed by atoms with Crippen LogP contribution in [0.3, 0.4) is 0 Å². The summed E-state index contributed by atoms with van der Waals surface area (Å²) in [6, 6.07) is 16.5. The fourth-order valence-corrected chi connectivity index (χ4v) is 4.30. The highest BCUT2D eigenvalue weighted by atomic mass is 32.2. The van der Waals surface area contributed by atoms with Crippen molar-refractivity contribution in [3.8, 4) is 5.75 Å². The first-order valence-electron chi connectivity index (χ1n) is 7.68. The van der Waals surface area contributed by atoms with Crippen molar-refractivity contribution in [2.45, 2.75) is 11.0 Å². The van der Waals surface area contributed by atoms with E-state index in [9.17, 15) is 8.42 Å². The molecule has 1 aliphatic rings. The van der Waals surface area contributed by atoms with Crippen LogP contribution in [0, 0.1) is 0 Å². The van der Waals surface area contributed by atoms with Crippen LogP contribution in [-0.4, -0.2) is 36.9 Å². The van der Waals surface area contributed by atoms with Crippen molar-refractivity contribution >= 4 is 20.8 Å². The molecule has 24 heavy (non-hydrogen) atoms. The molecule has 0 spiro atoms. The van der Waals surface area contributed by atoms with Crippen molar-refractivity contribution in [1.29, 1.82) is 0 Å². The van der Waals surface area contributed by atoms with Crippen molar-refractivity contribution in [2.75, 3.05) is 13.1 Å². The minimum Gasteiger partial charge on any atom is -0.486 e. The molecule has 1 fully saturated rings. The monoisotopic (exact) mass is 340 g/mol. The van der Waals surface area contributed by atoms with Gasteiger partial charge in [0.2, 0.25) is 10.0 Å². The van der Waals surface area contributed by atoms with E-state index in [1.54, 1.807) is 30.6 Å². The second-order valence-corrected chi connectivity index (χ2v) is 7.70. The normalized spacial score (nSPS) is 16.0. The molecule has 2 aromatic carbocycles. The van der Waals surface area contributed by atoms with Gasteiger partial charge in [-0.05, 0) is 35.0 Å². The molecule has 3 aromatic rings. The summed E-state index contributed by atoms with van der Waals surface area (Å²) in [5, 5.41) is 1.94. The number of sulfonamides is 1. The molecule has 0 bridgehead atoms. The summed E-state index contributed by atoms with van der Waals surface area (Å²) in [5.74, 6) is 0.658. The maximum atomic E-state index is 12.7. The highest BCUT2D eigenvalue weighted by Gasteiger charge is 2.38. The van der Waals surface area contributed by atoms with Crippen molar-refractivity contribution in [3.63, 3.8) is 0 Å². The molecule has 6 heteroatoms. The molecule has 0 N–H and O–H groups in total. The average molecular weight is 340 g/mol. The summed E-state index contributed by atoms with van der Waals surface area (Å²) >= 11 is 0. The van der Waals surface area contributed by atoms with Gasteiger partial charge in [-0.1, -0.05) is 30.3 Å². The molecule has 1 saturated heterocycles. The van der Waals surface area contributed by atoms with Crippen molar-refractivity contribution in [3.05, 3.63) is 67.0 Å². The number of nitrogens with zero attached hydrogens (tertiary/aromatic N) is 2. The molecular weight excluding hydrogens is 324 g/mol. The van der Waals surface area contributed by atoms with Crippen LogP contribution in [0.4, 0.5) is 0 Å². The van der Waals surface area contributed by atoms with E-state index in [0.29, 0.717) is 23.7 Å². The summed E-state index contributed by atoms with van der Waals surface area (Å²) in [4.78, 5) is 4.30. The van der Waals surface area contributed by atoms with Crippen LogP contribution in [0.15, 0.2) is 71.9 Å². The number of benzene rings is 2. The van der Waals surface area contributed by atoms with Crippen LogP contribution < -0.4 is 4.74 Å². The lowest BCUT2D eigenvalue weighted by Gasteiger charge is -2.37. The Hall–Kier alpha value is -2.44. The minimum atomic E-state index is -3.48. The highest BCUT2D eigenvalue weighted by Crippen LogP contribution is 2.26. The molecule has 5 nitrogen and oxygen atoms in total. The van der Waals surface area contributed by atoms with Gasteiger partial charge in [-0.3, -0.25) is 4.98 Å². The first kappa shape index (κ1) is 15.1. The maximum Gasteiger partial charge on any atom is 0.243 e. The van der Waals surface area contributed by atoms with Crippen LogP contribution in [0.5, 0.6) is 5.75 Å². The SMILES string of the molecule is O=S(=O)(c1ccc2ccccc2c1)N1CC(Oc2cccnc2)C1. The quantitative estimate of drug-likeness (QED) is 0.733. The van der Waals surface area contributed by atoms with E-state index in [1.807, 2.05) is 36.4 Å². The molecule has 122 valence electrons. The molecule has 0 saturated carbocycles. The first-order chi connectivity index (χ1) is 11.6. The number of pyridine rings is 1. The number of hydrogen-bond donors (Lipinski definition) is 0. The van der Waals surface area contributed by atoms with Gasteiger partial charge in [-0.15, -0.1) is 0 Å². The Morgan fingerprint density at radius 3 is 2.54 bits per heavy atom. The van der Waals surface area contributed by atoms with Gasteiger partial charge in [-0.25, -0.2) is 8.42 Å². The fraction of sp³-hybridized carbons (Fsp3) is 0.167. The van der Waals surface area contributed by atoms with E-state index >= 15 is 0 Å². The van der Waals surface area contributed by atoms with Crippen LogP contribution in [0.1, 0.15) is 0 Å². The van der Waals surface area contributed by atoms with Gasteiger partial charge in [-0.2, -0.15) is 4.31 Å². The zero-order valence-electron chi connectivity index (χ0n) is 12.9. The molecule has 0 radical (unpaired) electrons. The molecule has 0 atom stereocenters. The summed E-state index contributed by atoms with van der Waals surface area (Å²) in [7, 11) is -3.48. The number of fused-ring (bicyclic) bond motifs is 1. The zero-order chi connectivity index (χ0) is 16.6. The molecule has 1 aliphatic heterocycles. The van der Waals surface area contributed by atoms with E-state index in [4.69, 9.17) is 4.74 Å². The Kier molecular flexibility index (Phi) is 3.70. The Bertz CT molecular complexity index is 968. The topological polar surface area (TPSA) is 59.5 Å². The Morgan fingerprint density at radius 2 is 1.79 bits per heavy atom. The number of aromatic nitrogens is 1. The van der Waals surface area contributed by atoms with Gasteiger partial charge < -0.3 is 4.74 Å². The van der Waals surface area contributed by atoms with E-state index < -0.39 is 10.0 Å². The van der Waals surface area contributed by atoms with Crippen molar-refractivity contribution in [2.24, 2.45) is 0 Å². The highest BCUT2D eigenvalue weighted by molar-refractivity contribution is 7.89. The summed E-state index contributed by atoms with van der Waals surface area (Å²) in [5.41, 5.74) is 0. The summed E-state index contributed by atoms with van der Waals surface area (Å²) in [6.07, 6.45) is 3.16. The predicted molar refractivity (Wildman–Crippen MR) is 91.4 cm³/mol. The second kappa shape index (κ2) is 5.89. The van der Waals surface area contributed by atoms with E-state index in [1.165, 1.54) is 4.31 Å². The molecule has 1 aromatic heterocycles. The van der Waals surface area contributed by atoms with Gasteiger partial charge in [0.15, 0.2) is 0 Å². The van der Waals surface area contributed by atoms with E-state index in [0.717, 1.165) is 10.8 Å². The lowest BCUT2D eigenvalue weighted by Crippen LogP contribution is -2.55. The maximum absolute atomic E-state index is 12.7. The Labute approximate surface area is 140 Å². The van der Waals surface area contributed by atoms with Crippen LogP contribution in [0.2, 0.25) is 0 Å². The summed E-state index contributed by atoms with van der Waals surface area (Å²) < 4.78 is 32.6. The fourth-order valence-electron chi connectivity index (χ4n) is 2.76.